The summed E-state index contributed by atoms with van der Waals surface area (Å²) in [4.78, 5) is 73.1. The van der Waals surface area contributed by atoms with Crippen LogP contribution in [-0.4, -0.2) is 135 Å². The van der Waals surface area contributed by atoms with E-state index in [0.717, 1.165) is 0 Å². The first kappa shape index (κ1) is 56.1. The lowest BCUT2D eigenvalue weighted by Crippen LogP contribution is -2.52. The largest absolute Gasteiger partial charge is 0.508 e. The summed E-state index contributed by atoms with van der Waals surface area (Å²) in [6, 6.07) is 33.5. The number of β-amino-alcohol motifs (C(OH)–C–C–N with tert-alkyl or cyclic N) is 1. The Morgan fingerprint density at radius 1 is 0.553 bits per heavy atom. The summed E-state index contributed by atoms with van der Waals surface area (Å²) in [6.07, 6.45) is -0.861. The molecule has 3 unspecified atom stereocenters. The zero-order valence-corrected chi connectivity index (χ0v) is 42.9. The van der Waals surface area contributed by atoms with E-state index in [1.165, 1.54) is 67.6 Å². The number of nitrogens with zero attached hydrogens (tertiary/aromatic N) is 3. The lowest BCUT2D eigenvalue weighted by molar-refractivity contribution is -0.127. The van der Waals surface area contributed by atoms with Gasteiger partial charge in [0, 0.05) is 124 Å². The van der Waals surface area contributed by atoms with Gasteiger partial charge in [-0.25, -0.2) is 8.78 Å². The summed E-state index contributed by atoms with van der Waals surface area (Å²) in [7, 11) is 1.69. The Kier molecular flexibility index (Phi) is 18.3. The second kappa shape index (κ2) is 24.8. The monoisotopic (exact) mass is 1040 g/mol. The van der Waals surface area contributed by atoms with E-state index >= 15 is 0 Å². The van der Waals surface area contributed by atoms with Crippen LogP contribution in [0.25, 0.3) is 0 Å². The van der Waals surface area contributed by atoms with Crippen LogP contribution in [0, 0.1) is 49.2 Å². The van der Waals surface area contributed by atoms with Crippen LogP contribution in [0.15, 0.2) is 133 Å². The van der Waals surface area contributed by atoms with E-state index in [9.17, 15) is 58.3 Å². The molecular formula is C60H64F2N4O10. The standard InChI is InChI=1S/C31H33FN2O5.C29H31FN2O5/c1-19-25(11-6-12-28(19)32)29-26(30(38)21-7-4-9-23(36)15-21)17-34(14-13-33(3)20(2)35)18-27(29)31(39)22-8-5-10-24(37)16-22;1-17-23(9-4-10-26(17)30)27-24(28(36)18-5-2-7-20(33)11-18)15-32(14-22(35)13-31)16-25(27)29(37)19-6-3-8-21(34)12-19/h4-12,15-16,26-27,29,36-37H,13-14,17-18H2,1-3H3;2-12,22,24-25,27,33-35H,13-16,31H2,1H3/t26-,27-;/m0./s1. The minimum absolute atomic E-state index is 0.0132. The Morgan fingerprint density at radius 2 is 0.868 bits per heavy atom. The number of aliphatic hydroxyl groups is 1. The van der Waals surface area contributed by atoms with Gasteiger partial charge in [-0.3, -0.25) is 28.9 Å². The number of hydrogen-bond donors (Lipinski definition) is 6. The number of halogens is 2. The van der Waals surface area contributed by atoms with Crippen molar-refractivity contribution in [2.75, 3.05) is 59.4 Å². The van der Waals surface area contributed by atoms with Gasteiger partial charge in [0.15, 0.2) is 23.1 Å². The fourth-order valence-corrected chi connectivity index (χ4v) is 10.7. The highest BCUT2D eigenvalue weighted by Crippen LogP contribution is 2.45. The minimum Gasteiger partial charge on any atom is -0.508 e. The molecule has 2 aliphatic rings. The summed E-state index contributed by atoms with van der Waals surface area (Å²) in [6.45, 7) is 6.71. The molecule has 0 aliphatic carbocycles. The molecule has 2 saturated heterocycles. The zero-order chi connectivity index (χ0) is 55.0. The molecule has 6 aromatic rings. The average Bonchev–Trinajstić information content (AvgIpc) is 3.44. The van der Waals surface area contributed by atoms with Crippen molar-refractivity contribution in [1.29, 1.82) is 0 Å². The highest BCUT2D eigenvalue weighted by atomic mass is 19.1. The highest BCUT2D eigenvalue weighted by molar-refractivity contribution is 6.03. The third-order valence-corrected chi connectivity index (χ3v) is 14.8. The van der Waals surface area contributed by atoms with Gasteiger partial charge in [-0.2, -0.15) is 0 Å². The lowest BCUT2D eigenvalue weighted by atomic mass is 9.67. The van der Waals surface area contributed by atoms with E-state index in [2.05, 4.69) is 0 Å². The van der Waals surface area contributed by atoms with E-state index in [-0.39, 0.29) is 102 Å². The maximum atomic E-state index is 14.8. The summed E-state index contributed by atoms with van der Waals surface area (Å²) in [5, 5.41) is 50.4. The molecule has 16 heteroatoms. The molecule has 5 atom stereocenters. The Hall–Kier alpha value is -7.63. The third kappa shape index (κ3) is 13.1. The molecule has 0 aromatic heterocycles. The van der Waals surface area contributed by atoms with Crippen molar-refractivity contribution >= 4 is 29.0 Å². The predicted molar refractivity (Wildman–Crippen MR) is 283 cm³/mol. The summed E-state index contributed by atoms with van der Waals surface area (Å²) >= 11 is 0. The van der Waals surface area contributed by atoms with Crippen molar-refractivity contribution < 1.29 is 58.3 Å². The number of likely N-dealkylation sites (N-methyl/N-ethyl adjacent to an activating group) is 1. The van der Waals surface area contributed by atoms with Crippen LogP contribution in [0.3, 0.4) is 0 Å². The topological polar surface area (TPSA) is 222 Å². The molecule has 7 N–H and O–H groups in total. The third-order valence-electron chi connectivity index (χ3n) is 14.8. The fourth-order valence-electron chi connectivity index (χ4n) is 10.7. The fraction of sp³-hybridized carbons (Fsp3) is 0.317. The van der Waals surface area contributed by atoms with E-state index in [0.29, 0.717) is 46.5 Å². The minimum atomic E-state index is -0.861. The molecule has 2 aliphatic heterocycles. The first-order valence-corrected chi connectivity index (χ1v) is 25.1. The highest BCUT2D eigenvalue weighted by Gasteiger charge is 2.47. The van der Waals surface area contributed by atoms with E-state index < -0.39 is 53.2 Å². The number of hydrogen-bond acceptors (Lipinski definition) is 13. The van der Waals surface area contributed by atoms with Crippen molar-refractivity contribution in [2.24, 2.45) is 29.4 Å². The lowest BCUT2D eigenvalue weighted by Gasteiger charge is -2.44. The van der Waals surface area contributed by atoms with Gasteiger partial charge in [0.2, 0.25) is 5.91 Å². The Balaban J connectivity index is 0.000000221. The number of phenols is 4. The Morgan fingerprint density at radius 3 is 1.17 bits per heavy atom. The molecule has 0 radical (unpaired) electrons. The van der Waals surface area contributed by atoms with Crippen molar-refractivity contribution in [1.82, 2.24) is 14.7 Å². The van der Waals surface area contributed by atoms with Gasteiger partial charge in [0.1, 0.15) is 34.6 Å². The van der Waals surface area contributed by atoms with Crippen molar-refractivity contribution in [3.05, 3.63) is 190 Å². The molecule has 76 heavy (non-hydrogen) atoms. The van der Waals surface area contributed by atoms with E-state index in [4.69, 9.17) is 5.73 Å². The van der Waals surface area contributed by atoms with Crippen molar-refractivity contribution in [3.63, 3.8) is 0 Å². The second-order valence-corrected chi connectivity index (χ2v) is 19.9. The van der Waals surface area contributed by atoms with Gasteiger partial charge < -0.3 is 41.1 Å². The molecule has 2 fully saturated rings. The number of aliphatic hydroxyl groups excluding tert-OH is 1. The molecule has 0 saturated carbocycles. The van der Waals surface area contributed by atoms with Gasteiger partial charge in [0.05, 0.1) is 6.10 Å². The first-order chi connectivity index (χ1) is 36.3. The van der Waals surface area contributed by atoms with Crippen LogP contribution in [-0.2, 0) is 4.79 Å². The normalized spacial score (nSPS) is 19.4. The number of benzene rings is 6. The molecular weight excluding hydrogens is 975 g/mol. The molecule has 8 rings (SSSR count). The summed E-state index contributed by atoms with van der Waals surface area (Å²) < 4.78 is 29.6. The molecule has 398 valence electrons. The average molecular weight is 1040 g/mol. The quantitative estimate of drug-likeness (QED) is 0.0513. The van der Waals surface area contributed by atoms with Crippen LogP contribution in [0.4, 0.5) is 8.78 Å². The van der Waals surface area contributed by atoms with Gasteiger partial charge in [0.25, 0.3) is 0 Å². The zero-order valence-electron chi connectivity index (χ0n) is 42.9. The van der Waals surface area contributed by atoms with E-state index in [1.807, 2.05) is 9.80 Å². The number of phenolic OH excluding ortho intramolecular Hbond substituents is 4. The molecule has 6 aromatic carbocycles. The number of carbonyl (C=O) groups is 5. The second-order valence-electron chi connectivity index (χ2n) is 19.9. The summed E-state index contributed by atoms with van der Waals surface area (Å²) in [5.41, 5.74) is 8.63. The number of likely N-dealkylation sites (tertiary alicyclic amines) is 2. The van der Waals surface area contributed by atoms with Crippen LogP contribution >= 0.6 is 0 Å². The number of ketones is 4. The number of aromatic hydroxyl groups is 4. The van der Waals surface area contributed by atoms with Crippen LogP contribution in [0.1, 0.15) is 82.4 Å². The Bertz CT molecular complexity index is 2960. The van der Waals surface area contributed by atoms with Crippen molar-refractivity contribution in [2.45, 2.75) is 38.7 Å². The molecule has 0 spiro atoms. The van der Waals surface area contributed by atoms with Crippen LogP contribution in [0.5, 0.6) is 23.0 Å². The maximum absolute atomic E-state index is 14.8. The van der Waals surface area contributed by atoms with Gasteiger partial charge in [-0.05, 0) is 96.8 Å². The first-order valence-electron chi connectivity index (χ1n) is 25.1. The number of piperidine rings is 2. The predicted octanol–water partition coefficient (Wildman–Crippen LogP) is 7.68. The molecule has 14 nitrogen and oxygen atoms in total. The molecule has 1 amide bonds. The SMILES string of the molecule is CC(=O)N(C)CCN1C[C@H](C(=O)c2cccc(O)c2)C(c2cccc(F)c2C)[C@@H](C(=O)c2cccc(O)c2)C1.Cc1c(F)cccc1C1C(C(=O)c2cccc(O)c2)CN(CC(O)CN)CC1C(=O)c1cccc(O)c1. The van der Waals surface area contributed by atoms with Crippen LogP contribution < -0.4 is 5.73 Å². The summed E-state index contributed by atoms with van der Waals surface area (Å²) in [5.74, 6) is -6.74. The molecule has 0 bridgehead atoms. The van der Waals surface area contributed by atoms with E-state index in [1.54, 1.807) is 98.6 Å². The maximum Gasteiger partial charge on any atom is 0.219 e. The number of amides is 1. The van der Waals surface area contributed by atoms with Gasteiger partial charge in [-0.15, -0.1) is 0 Å². The molecule has 2 heterocycles. The smallest absolute Gasteiger partial charge is 0.219 e. The number of nitrogens with two attached hydrogens (primary N) is 1. The Labute approximate surface area is 440 Å². The number of Topliss-reactive ketones (excluding diaryl/α,β-unsaturated/α-hetero) is 4. The number of carbonyl (C=O) groups excluding carboxylic acids is 5. The van der Waals surface area contributed by atoms with Gasteiger partial charge >= 0.3 is 0 Å². The van der Waals surface area contributed by atoms with Crippen molar-refractivity contribution in [3.8, 4) is 23.0 Å². The van der Waals surface area contributed by atoms with Gasteiger partial charge in [-0.1, -0.05) is 72.8 Å². The van der Waals surface area contributed by atoms with Crippen LogP contribution in [0.2, 0.25) is 0 Å². The number of rotatable bonds is 16.